The number of amides is 1. The Balaban J connectivity index is 1.50. The molecule has 144 valence electrons. The zero-order valence-corrected chi connectivity index (χ0v) is 16.1. The monoisotopic (exact) mass is 368 g/mol. The molecule has 2 heterocycles. The molecular formula is C20H28N6O. The quantitative estimate of drug-likeness (QED) is 0.698. The number of rotatable bonds is 8. The number of aromatic nitrogens is 2. The highest BCUT2D eigenvalue weighted by atomic mass is 16.1. The maximum absolute atomic E-state index is 12.1. The van der Waals surface area contributed by atoms with Crippen LogP contribution in [0.2, 0.25) is 0 Å². The van der Waals surface area contributed by atoms with Crippen LogP contribution in [0.25, 0.3) is 0 Å². The first-order valence-electron chi connectivity index (χ1n) is 9.50. The van der Waals surface area contributed by atoms with Crippen LogP contribution in [0, 0.1) is 0 Å². The standard InChI is InChI=1S/C20H28N6O/c1-25(2)13-5-12-21-20(27)18-10-11-19(24-23-18)22-16-6-8-17(9-7-16)26-14-3-4-15-26/h6-11H,3-5,12-15H2,1-2H3,(H,21,27)(H,22,24). The third kappa shape index (κ3) is 5.65. The summed E-state index contributed by atoms with van der Waals surface area (Å²) >= 11 is 0. The summed E-state index contributed by atoms with van der Waals surface area (Å²) in [5, 5.41) is 14.2. The highest BCUT2D eigenvalue weighted by molar-refractivity contribution is 5.92. The van der Waals surface area contributed by atoms with Gasteiger partial charge in [-0.2, -0.15) is 0 Å². The molecule has 2 N–H and O–H groups in total. The van der Waals surface area contributed by atoms with E-state index >= 15 is 0 Å². The Hall–Kier alpha value is -2.67. The molecule has 2 aromatic rings. The van der Waals surface area contributed by atoms with E-state index in [0.717, 1.165) is 31.7 Å². The number of nitrogens with zero attached hydrogens (tertiary/aromatic N) is 4. The van der Waals surface area contributed by atoms with Gasteiger partial charge in [0, 0.05) is 31.0 Å². The van der Waals surface area contributed by atoms with Crippen molar-refractivity contribution in [2.24, 2.45) is 0 Å². The normalized spacial score (nSPS) is 13.8. The molecule has 1 aromatic carbocycles. The van der Waals surface area contributed by atoms with Gasteiger partial charge in [-0.25, -0.2) is 0 Å². The molecule has 0 saturated carbocycles. The number of benzene rings is 1. The minimum absolute atomic E-state index is 0.192. The number of nitrogens with one attached hydrogen (secondary N) is 2. The number of carbonyl (C=O) groups excluding carboxylic acids is 1. The molecule has 27 heavy (non-hydrogen) atoms. The van der Waals surface area contributed by atoms with E-state index in [1.165, 1.54) is 18.5 Å². The maximum Gasteiger partial charge on any atom is 0.271 e. The van der Waals surface area contributed by atoms with Crippen molar-refractivity contribution >= 4 is 23.1 Å². The van der Waals surface area contributed by atoms with Crippen LogP contribution < -0.4 is 15.5 Å². The van der Waals surface area contributed by atoms with Gasteiger partial charge in [-0.3, -0.25) is 4.79 Å². The van der Waals surface area contributed by atoms with Gasteiger partial charge >= 0.3 is 0 Å². The molecule has 7 nitrogen and oxygen atoms in total. The third-order valence-electron chi connectivity index (χ3n) is 4.58. The zero-order chi connectivity index (χ0) is 19.1. The first-order chi connectivity index (χ1) is 13.1. The largest absolute Gasteiger partial charge is 0.372 e. The lowest BCUT2D eigenvalue weighted by molar-refractivity contribution is 0.0946. The minimum Gasteiger partial charge on any atom is -0.372 e. The Kier molecular flexibility index (Phi) is 6.59. The molecule has 0 atom stereocenters. The van der Waals surface area contributed by atoms with Crippen molar-refractivity contribution in [2.75, 3.05) is 50.5 Å². The van der Waals surface area contributed by atoms with E-state index in [1.807, 2.05) is 26.2 Å². The predicted octanol–water partition coefficient (Wildman–Crippen LogP) is 2.50. The number of anilines is 3. The van der Waals surface area contributed by atoms with Crippen molar-refractivity contribution in [1.82, 2.24) is 20.4 Å². The summed E-state index contributed by atoms with van der Waals surface area (Å²) < 4.78 is 0. The van der Waals surface area contributed by atoms with Crippen LogP contribution in [0.1, 0.15) is 29.8 Å². The Bertz CT molecular complexity index is 723. The molecule has 0 spiro atoms. The van der Waals surface area contributed by atoms with Gasteiger partial charge < -0.3 is 20.4 Å². The fourth-order valence-electron chi connectivity index (χ4n) is 3.09. The van der Waals surface area contributed by atoms with Crippen molar-refractivity contribution in [3.8, 4) is 0 Å². The summed E-state index contributed by atoms with van der Waals surface area (Å²) in [6.45, 7) is 3.83. The lowest BCUT2D eigenvalue weighted by Gasteiger charge is -2.17. The van der Waals surface area contributed by atoms with Crippen LogP contribution in [0.3, 0.4) is 0 Å². The number of carbonyl (C=O) groups is 1. The molecule has 0 bridgehead atoms. The molecule has 1 aliphatic rings. The average Bonchev–Trinajstić information content (AvgIpc) is 3.21. The summed E-state index contributed by atoms with van der Waals surface area (Å²) in [4.78, 5) is 16.6. The van der Waals surface area contributed by atoms with Crippen molar-refractivity contribution < 1.29 is 4.79 Å². The van der Waals surface area contributed by atoms with Crippen LogP contribution in [0.15, 0.2) is 36.4 Å². The van der Waals surface area contributed by atoms with Gasteiger partial charge in [-0.1, -0.05) is 0 Å². The van der Waals surface area contributed by atoms with Gasteiger partial charge in [0.2, 0.25) is 0 Å². The third-order valence-corrected chi connectivity index (χ3v) is 4.58. The van der Waals surface area contributed by atoms with Gasteiger partial charge in [0.05, 0.1) is 0 Å². The van der Waals surface area contributed by atoms with Crippen LogP contribution >= 0.6 is 0 Å². The molecule has 0 unspecified atom stereocenters. The molecule has 7 heteroatoms. The SMILES string of the molecule is CN(C)CCCNC(=O)c1ccc(Nc2ccc(N3CCCC3)cc2)nn1. The van der Waals surface area contributed by atoms with Crippen LogP contribution in [-0.4, -0.2) is 61.3 Å². The van der Waals surface area contributed by atoms with Gasteiger partial charge in [0.1, 0.15) is 0 Å². The molecule has 1 amide bonds. The van der Waals surface area contributed by atoms with Crippen molar-refractivity contribution in [2.45, 2.75) is 19.3 Å². The second-order valence-electron chi connectivity index (χ2n) is 7.08. The molecular weight excluding hydrogens is 340 g/mol. The summed E-state index contributed by atoms with van der Waals surface area (Å²) in [7, 11) is 4.03. The molecule has 3 rings (SSSR count). The van der Waals surface area contributed by atoms with E-state index in [-0.39, 0.29) is 5.91 Å². The first kappa shape index (κ1) is 19.1. The van der Waals surface area contributed by atoms with E-state index in [0.29, 0.717) is 18.1 Å². The second kappa shape index (κ2) is 9.32. The molecule has 1 aliphatic heterocycles. The highest BCUT2D eigenvalue weighted by Crippen LogP contribution is 2.23. The highest BCUT2D eigenvalue weighted by Gasteiger charge is 2.12. The minimum atomic E-state index is -0.192. The summed E-state index contributed by atoms with van der Waals surface area (Å²) in [5.74, 6) is 0.427. The fraction of sp³-hybridized carbons (Fsp3) is 0.450. The Morgan fingerprint density at radius 1 is 1.07 bits per heavy atom. The summed E-state index contributed by atoms with van der Waals surface area (Å²) in [6, 6.07) is 11.8. The van der Waals surface area contributed by atoms with Gasteiger partial charge in [0.15, 0.2) is 11.5 Å². The number of hydrogen-bond donors (Lipinski definition) is 2. The lowest BCUT2D eigenvalue weighted by Crippen LogP contribution is -2.28. The predicted molar refractivity (Wildman–Crippen MR) is 109 cm³/mol. The maximum atomic E-state index is 12.1. The Morgan fingerprint density at radius 3 is 2.44 bits per heavy atom. The molecule has 0 aliphatic carbocycles. The van der Waals surface area contributed by atoms with Crippen LogP contribution in [0.5, 0.6) is 0 Å². The molecule has 0 radical (unpaired) electrons. The van der Waals surface area contributed by atoms with Crippen LogP contribution in [-0.2, 0) is 0 Å². The Morgan fingerprint density at radius 2 is 1.81 bits per heavy atom. The van der Waals surface area contributed by atoms with E-state index in [4.69, 9.17) is 0 Å². The van der Waals surface area contributed by atoms with Gasteiger partial charge in [0.25, 0.3) is 5.91 Å². The van der Waals surface area contributed by atoms with Gasteiger partial charge in [-0.05, 0) is 76.3 Å². The second-order valence-corrected chi connectivity index (χ2v) is 7.08. The van der Waals surface area contributed by atoms with E-state index in [9.17, 15) is 4.79 Å². The number of hydrogen-bond acceptors (Lipinski definition) is 6. The van der Waals surface area contributed by atoms with Crippen LogP contribution in [0.4, 0.5) is 17.2 Å². The van der Waals surface area contributed by atoms with Crippen molar-refractivity contribution in [1.29, 1.82) is 0 Å². The van der Waals surface area contributed by atoms with E-state index in [2.05, 4.69) is 42.8 Å². The zero-order valence-electron chi connectivity index (χ0n) is 16.1. The van der Waals surface area contributed by atoms with E-state index < -0.39 is 0 Å². The molecule has 1 saturated heterocycles. The van der Waals surface area contributed by atoms with Crippen molar-refractivity contribution in [3.63, 3.8) is 0 Å². The topological polar surface area (TPSA) is 73.4 Å². The Labute approximate surface area is 160 Å². The van der Waals surface area contributed by atoms with E-state index in [1.54, 1.807) is 12.1 Å². The summed E-state index contributed by atoms with van der Waals surface area (Å²) in [6.07, 6.45) is 3.44. The van der Waals surface area contributed by atoms with Gasteiger partial charge in [-0.15, -0.1) is 10.2 Å². The fourth-order valence-corrected chi connectivity index (χ4v) is 3.09. The molecule has 1 fully saturated rings. The molecule has 1 aromatic heterocycles. The van der Waals surface area contributed by atoms with Crippen molar-refractivity contribution in [3.05, 3.63) is 42.1 Å². The summed E-state index contributed by atoms with van der Waals surface area (Å²) in [5.41, 5.74) is 2.54. The first-order valence-corrected chi connectivity index (χ1v) is 9.50. The smallest absolute Gasteiger partial charge is 0.271 e. The average molecular weight is 368 g/mol. The lowest BCUT2D eigenvalue weighted by atomic mass is 10.2.